The van der Waals surface area contributed by atoms with E-state index in [0.717, 1.165) is 19.0 Å². The Labute approximate surface area is 130 Å². The fourth-order valence-electron chi connectivity index (χ4n) is 3.69. The number of hydrogen-bond donors (Lipinski definition) is 1. The number of nitrogens with zero attached hydrogens (tertiary/aromatic N) is 3. The summed E-state index contributed by atoms with van der Waals surface area (Å²) in [5, 5.41) is 12.5. The van der Waals surface area contributed by atoms with Crippen LogP contribution in [0.5, 0.6) is 0 Å². The van der Waals surface area contributed by atoms with Crippen LogP contribution >= 0.6 is 0 Å². The number of hydrogen-bond acceptors (Lipinski definition) is 4. The van der Waals surface area contributed by atoms with Crippen molar-refractivity contribution in [2.24, 2.45) is 0 Å². The van der Waals surface area contributed by atoms with E-state index in [-0.39, 0.29) is 6.04 Å². The van der Waals surface area contributed by atoms with E-state index >= 15 is 0 Å². The van der Waals surface area contributed by atoms with Gasteiger partial charge in [0.25, 0.3) is 0 Å². The maximum atomic E-state index is 9.18. The van der Waals surface area contributed by atoms with Gasteiger partial charge in [0, 0.05) is 18.6 Å². The van der Waals surface area contributed by atoms with Gasteiger partial charge >= 0.3 is 0 Å². The summed E-state index contributed by atoms with van der Waals surface area (Å²) >= 11 is 0. The van der Waals surface area contributed by atoms with Crippen LogP contribution in [0.25, 0.3) is 0 Å². The Bertz CT molecular complexity index is 322. The first-order valence-electron chi connectivity index (χ1n) is 8.81. The number of nitrogens with one attached hydrogen (secondary N) is 1. The van der Waals surface area contributed by atoms with Crippen molar-refractivity contribution in [3.63, 3.8) is 0 Å². The van der Waals surface area contributed by atoms with Crippen molar-refractivity contribution >= 4 is 0 Å². The van der Waals surface area contributed by atoms with E-state index in [9.17, 15) is 5.26 Å². The molecule has 0 radical (unpaired) electrons. The SMILES string of the molecule is CC(C)NC(C#N)CCN1CCC(N2CCCCC2)CC1. The molecule has 1 N–H and O–H groups in total. The predicted octanol–water partition coefficient (Wildman–Crippen LogP) is 2.22. The molecule has 2 aliphatic rings. The lowest BCUT2D eigenvalue weighted by molar-refractivity contribution is 0.0913. The van der Waals surface area contributed by atoms with E-state index in [4.69, 9.17) is 0 Å². The maximum Gasteiger partial charge on any atom is 0.0967 e. The topological polar surface area (TPSA) is 42.3 Å². The molecule has 4 heteroatoms. The van der Waals surface area contributed by atoms with Crippen LogP contribution in [0.1, 0.15) is 52.4 Å². The van der Waals surface area contributed by atoms with Gasteiger partial charge in [-0.3, -0.25) is 5.32 Å². The van der Waals surface area contributed by atoms with Crippen molar-refractivity contribution in [2.75, 3.05) is 32.7 Å². The normalized spacial score (nSPS) is 24.1. The average Bonchev–Trinajstić information content (AvgIpc) is 2.52. The fourth-order valence-corrected chi connectivity index (χ4v) is 3.69. The van der Waals surface area contributed by atoms with Crippen molar-refractivity contribution in [3.05, 3.63) is 0 Å². The number of likely N-dealkylation sites (tertiary alicyclic amines) is 2. The van der Waals surface area contributed by atoms with Crippen LogP contribution in [0.3, 0.4) is 0 Å². The van der Waals surface area contributed by atoms with Gasteiger partial charge in [-0.1, -0.05) is 6.42 Å². The Morgan fingerprint density at radius 1 is 1.10 bits per heavy atom. The van der Waals surface area contributed by atoms with Gasteiger partial charge in [0.15, 0.2) is 0 Å². The smallest absolute Gasteiger partial charge is 0.0967 e. The molecular formula is C17H32N4. The second-order valence-electron chi connectivity index (χ2n) is 6.96. The third-order valence-corrected chi connectivity index (χ3v) is 4.89. The zero-order chi connectivity index (χ0) is 15.1. The first-order valence-corrected chi connectivity index (χ1v) is 8.81. The molecule has 0 amide bonds. The first-order chi connectivity index (χ1) is 10.2. The molecule has 21 heavy (non-hydrogen) atoms. The van der Waals surface area contributed by atoms with Crippen molar-refractivity contribution in [3.8, 4) is 6.07 Å². The summed E-state index contributed by atoms with van der Waals surface area (Å²) in [4.78, 5) is 5.27. The molecule has 0 aromatic rings. The Morgan fingerprint density at radius 3 is 2.33 bits per heavy atom. The van der Waals surface area contributed by atoms with E-state index in [1.54, 1.807) is 0 Å². The Morgan fingerprint density at radius 2 is 1.76 bits per heavy atom. The monoisotopic (exact) mass is 292 g/mol. The molecule has 0 aromatic heterocycles. The molecule has 4 nitrogen and oxygen atoms in total. The van der Waals surface area contributed by atoms with Gasteiger partial charge in [-0.05, 0) is 72.1 Å². The van der Waals surface area contributed by atoms with Crippen LogP contribution in [0.2, 0.25) is 0 Å². The summed E-state index contributed by atoms with van der Waals surface area (Å²) < 4.78 is 0. The minimum atomic E-state index is 0.00446. The standard InChI is InChI=1S/C17H32N4/c1-15(2)19-16(14-18)6-11-20-12-7-17(8-13-20)21-9-4-3-5-10-21/h15-17,19H,3-13H2,1-2H3. The molecule has 2 heterocycles. The lowest BCUT2D eigenvalue weighted by Gasteiger charge is -2.40. The van der Waals surface area contributed by atoms with Gasteiger partial charge in [-0.2, -0.15) is 5.26 Å². The van der Waals surface area contributed by atoms with E-state index in [1.165, 1.54) is 58.3 Å². The summed E-state index contributed by atoms with van der Waals surface area (Å²) in [6, 6.07) is 3.60. The molecule has 1 unspecified atom stereocenters. The summed E-state index contributed by atoms with van der Waals surface area (Å²) in [6.07, 6.45) is 7.79. The molecule has 120 valence electrons. The molecule has 0 spiro atoms. The summed E-state index contributed by atoms with van der Waals surface area (Å²) in [5.41, 5.74) is 0. The average molecular weight is 292 g/mol. The first kappa shape index (κ1) is 16.7. The fraction of sp³-hybridized carbons (Fsp3) is 0.941. The number of nitriles is 1. The van der Waals surface area contributed by atoms with Gasteiger partial charge < -0.3 is 9.80 Å². The molecule has 0 aromatic carbocycles. The molecular weight excluding hydrogens is 260 g/mol. The highest BCUT2D eigenvalue weighted by Crippen LogP contribution is 2.20. The molecule has 2 fully saturated rings. The van der Waals surface area contributed by atoms with Gasteiger partial charge in [0.2, 0.25) is 0 Å². The summed E-state index contributed by atoms with van der Waals surface area (Å²) in [5.74, 6) is 0. The highest BCUT2D eigenvalue weighted by molar-refractivity contribution is 4.91. The zero-order valence-electron chi connectivity index (χ0n) is 13.9. The van der Waals surface area contributed by atoms with Crippen molar-refractivity contribution in [1.29, 1.82) is 5.26 Å². The minimum absolute atomic E-state index is 0.00446. The van der Waals surface area contributed by atoms with E-state index < -0.39 is 0 Å². The summed E-state index contributed by atoms with van der Waals surface area (Å²) in [7, 11) is 0. The largest absolute Gasteiger partial charge is 0.303 e. The number of piperidine rings is 2. The van der Waals surface area contributed by atoms with Crippen molar-refractivity contribution in [2.45, 2.75) is 70.5 Å². The molecule has 0 aliphatic carbocycles. The van der Waals surface area contributed by atoms with Crippen molar-refractivity contribution < 1.29 is 0 Å². The highest BCUT2D eigenvalue weighted by Gasteiger charge is 2.25. The quantitative estimate of drug-likeness (QED) is 0.815. The Balaban J connectivity index is 1.65. The molecule has 2 rings (SSSR count). The van der Waals surface area contributed by atoms with Gasteiger partial charge in [-0.15, -0.1) is 0 Å². The second-order valence-corrected chi connectivity index (χ2v) is 6.96. The molecule has 2 aliphatic heterocycles. The predicted molar refractivity (Wildman–Crippen MR) is 87.2 cm³/mol. The van der Waals surface area contributed by atoms with Gasteiger partial charge in [-0.25, -0.2) is 0 Å². The third kappa shape index (κ3) is 5.58. The van der Waals surface area contributed by atoms with Gasteiger partial charge in [0.1, 0.15) is 0 Å². The minimum Gasteiger partial charge on any atom is -0.303 e. The third-order valence-electron chi connectivity index (χ3n) is 4.89. The van der Waals surface area contributed by atoms with E-state index in [2.05, 4.69) is 35.0 Å². The Hall–Kier alpha value is -0.630. The van der Waals surface area contributed by atoms with Gasteiger partial charge in [0.05, 0.1) is 12.1 Å². The Kier molecular flexibility index (Phi) is 6.95. The zero-order valence-corrected chi connectivity index (χ0v) is 13.9. The van der Waals surface area contributed by atoms with Crippen LogP contribution in [0.15, 0.2) is 0 Å². The second kappa shape index (κ2) is 8.73. The highest BCUT2D eigenvalue weighted by atomic mass is 15.2. The molecule has 2 saturated heterocycles. The number of rotatable bonds is 6. The van der Waals surface area contributed by atoms with Crippen LogP contribution in [0.4, 0.5) is 0 Å². The van der Waals surface area contributed by atoms with Crippen molar-refractivity contribution in [1.82, 2.24) is 15.1 Å². The van der Waals surface area contributed by atoms with E-state index in [0.29, 0.717) is 6.04 Å². The molecule has 0 bridgehead atoms. The molecule has 0 saturated carbocycles. The van der Waals surface area contributed by atoms with Crippen LogP contribution < -0.4 is 5.32 Å². The van der Waals surface area contributed by atoms with Crippen LogP contribution in [0, 0.1) is 11.3 Å². The van der Waals surface area contributed by atoms with Crippen LogP contribution in [-0.2, 0) is 0 Å². The maximum absolute atomic E-state index is 9.18. The van der Waals surface area contributed by atoms with E-state index in [1.807, 2.05) is 0 Å². The lowest BCUT2D eigenvalue weighted by atomic mass is 9.99. The summed E-state index contributed by atoms with van der Waals surface area (Å²) in [6.45, 7) is 10.3. The molecule has 1 atom stereocenters. The lowest BCUT2D eigenvalue weighted by Crippen LogP contribution is -2.47. The van der Waals surface area contributed by atoms with Crippen LogP contribution in [-0.4, -0.2) is 60.6 Å².